The molecular weight excluding hydrogens is 214 g/mol. The van der Waals surface area contributed by atoms with Crippen molar-refractivity contribution >= 4 is 17.8 Å². The van der Waals surface area contributed by atoms with Crippen LogP contribution in [0.1, 0.15) is 19.8 Å². The van der Waals surface area contributed by atoms with E-state index in [1.165, 1.54) is 4.80 Å². The van der Waals surface area contributed by atoms with Crippen molar-refractivity contribution in [1.29, 1.82) is 0 Å². The fourth-order valence-electron chi connectivity index (χ4n) is 0.970. The molecule has 8 nitrogen and oxygen atoms in total. The first-order valence-electron chi connectivity index (χ1n) is 4.81. The van der Waals surface area contributed by atoms with Crippen LogP contribution < -0.4 is 5.32 Å². The van der Waals surface area contributed by atoms with E-state index >= 15 is 0 Å². The maximum Gasteiger partial charge on any atom is 0.306 e. The van der Waals surface area contributed by atoms with Gasteiger partial charge >= 0.3 is 5.97 Å². The first-order valence-corrected chi connectivity index (χ1v) is 4.81. The summed E-state index contributed by atoms with van der Waals surface area (Å²) in [6.45, 7) is 2.02. The van der Waals surface area contributed by atoms with Gasteiger partial charge in [-0.1, -0.05) is 5.10 Å². The topological polar surface area (TPSA) is 99.0 Å². The summed E-state index contributed by atoms with van der Waals surface area (Å²) in [5.41, 5.74) is 0. The lowest BCUT2D eigenvalue weighted by molar-refractivity contribution is -0.144. The van der Waals surface area contributed by atoms with E-state index in [0.29, 0.717) is 6.61 Å². The SMILES string of the molecule is CCOC(=O)CCC(=O)Nc1nnn(C)n1. The molecule has 1 rings (SSSR count). The first-order chi connectivity index (χ1) is 7.61. The molecule has 1 N–H and O–H groups in total. The molecule has 0 saturated carbocycles. The van der Waals surface area contributed by atoms with Gasteiger partial charge in [0.25, 0.3) is 5.95 Å². The number of esters is 1. The molecule has 0 aliphatic heterocycles. The molecule has 1 aromatic heterocycles. The Morgan fingerprint density at radius 3 is 2.75 bits per heavy atom. The Kier molecular flexibility index (Phi) is 4.37. The number of aromatic nitrogens is 4. The smallest absolute Gasteiger partial charge is 0.306 e. The number of carbonyl (C=O) groups excluding carboxylic acids is 2. The predicted octanol–water partition coefficient (Wildman–Crippen LogP) is -0.508. The minimum absolute atomic E-state index is 0.0388. The Bertz CT molecular complexity index is 376. The van der Waals surface area contributed by atoms with Crippen LogP contribution in [-0.2, 0) is 21.4 Å². The van der Waals surface area contributed by atoms with Crippen LogP contribution in [0.3, 0.4) is 0 Å². The molecule has 0 unspecified atom stereocenters. The zero-order chi connectivity index (χ0) is 12.0. The number of anilines is 1. The summed E-state index contributed by atoms with van der Waals surface area (Å²) in [4.78, 5) is 23.5. The number of hydrogen-bond donors (Lipinski definition) is 1. The van der Waals surface area contributed by atoms with Crippen molar-refractivity contribution in [2.24, 2.45) is 7.05 Å². The van der Waals surface area contributed by atoms with Gasteiger partial charge in [-0.05, 0) is 12.1 Å². The lowest BCUT2D eigenvalue weighted by Gasteiger charge is -2.01. The number of amides is 1. The average molecular weight is 227 g/mol. The highest BCUT2D eigenvalue weighted by molar-refractivity contribution is 5.90. The van der Waals surface area contributed by atoms with E-state index in [-0.39, 0.29) is 24.7 Å². The maximum absolute atomic E-state index is 11.3. The van der Waals surface area contributed by atoms with E-state index in [1.807, 2.05) is 0 Å². The molecule has 0 aliphatic rings. The fourth-order valence-corrected chi connectivity index (χ4v) is 0.970. The molecule has 0 aliphatic carbocycles. The van der Waals surface area contributed by atoms with E-state index in [9.17, 15) is 9.59 Å². The van der Waals surface area contributed by atoms with E-state index < -0.39 is 5.97 Å². The maximum atomic E-state index is 11.3. The molecule has 1 amide bonds. The Labute approximate surface area is 92.0 Å². The molecule has 0 fully saturated rings. The third-order valence-corrected chi connectivity index (χ3v) is 1.62. The Hall–Kier alpha value is -1.99. The van der Waals surface area contributed by atoms with Gasteiger partial charge in [-0.2, -0.15) is 4.80 Å². The number of tetrazole rings is 1. The molecular formula is C8H13N5O3. The quantitative estimate of drug-likeness (QED) is 0.680. The molecule has 0 spiro atoms. The van der Waals surface area contributed by atoms with E-state index in [1.54, 1.807) is 14.0 Å². The number of aryl methyl sites for hydroxylation is 1. The summed E-state index contributed by atoms with van der Waals surface area (Å²) in [5.74, 6) is -0.623. The predicted molar refractivity (Wildman–Crippen MR) is 53.3 cm³/mol. The molecule has 8 heteroatoms. The summed E-state index contributed by atoms with van der Waals surface area (Å²) in [5, 5.41) is 13.3. The number of hydrogen-bond acceptors (Lipinski definition) is 6. The monoisotopic (exact) mass is 227 g/mol. The third kappa shape index (κ3) is 4.03. The number of rotatable bonds is 5. The fraction of sp³-hybridized carbons (Fsp3) is 0.625. The van der Waals surface area contributed by atoms with Crippen LogP contribution in [0.25, 0.3) is 0 Å². The second kappa shape index (κ2) is 5.79. The van der Waals surface area contributed by atoms with Crippen molar-refractivity contribution in [2.45, 2.75) is 19.8 Å². The van der Waals surface area contributed by atoms with Gasteiger partial charge in [0.2, 0.25) is 5.91 Å². The largest absolute Gasteiger partial charge is 0.466 e. The Morgan fingerprint density at radius 1 is 1.44 bits per heavy atom. The molecule has 1 heterocycles. The summed E-state index contributed by atoms with van der Waals surface area (Å²) >= 11 is 0. The number of ether oxygens (including phenoxy) is 1. The lowest BCUT2D eigenvalue weighted by Crippen LogP contribution is -2.15. The highest BCUT2D eigenvalue weighted by Gasteiger charge is 2.09. The number of carbonyl (C=O) groups is 2. The Morgan fingerprint density at radius 2 is 2.19 bits per heavy atom. The summed E-state index contributed by atoms with van der Waals surface area (Å²) in [6, 6.07) is 0. The van der Waals surface area contributed by atoms with E-state index in [0.717, 1.165) is 0 Å². The first kappa shape index (κ1) is 12.1. The van der Waals surface area contributed by atoms with Gasteiger partial charge in [0.15, 0.2) is 0 Å². The van der Waals surface area contributed by atoms with E-state index in [4.69, 9.17) is 0 Å². The third-order valence-electron chi connectivity index (χ3n) is 1.62. The van der Waals surface area contributed by atoms with Crippen LogP contribution in [0.4, 0.5) is 5.95 Å². The second-order valence-corrected chi connectivity index (χ2v) is 2.96. The minimum atomic E-state index is -0.398. The molecule has 16 heavy (non-hydrogen) atoms. The van der Waals surface area contributed by atoms with Crippen LogP contribution in [-0.4, -0.2) is 38.7 Å². The van der Waals surface area contributed by atoms with Gasteiger partial charge in [0.05, 0.1) is 20.1 Å². The highest BCUT2D eigenvalue weighted by atomic mass is 16.5. The van der Waals surface area contributed by atoms with Crippen LogP contribution in [0, 0.1) is 0 Å². The number of nitrogens with one attached hydrogen (secondary N) is 1. The number of nitrogens with zero attached hydrogens (tertiary/aromatic N) is 4. The van der Waals surface area contributed by atoms with Gasteiger partial charge in [-0.15, -0.1) is 5.10 Å². The summed E-state index contributed by atoms with van der Waals surface area (Å²) < 4.78 is 4.68. The standard InChI is InChI=1S/C8H13N5O3/c1-3-16-7(15)5-4-6(14)9-8-10-12-13(2)11-8/h3-5H2,1-2H3,(H,9,11,14). The van der Waals surface area contributed by atoms with Crippen molar-refractivity contribution in [2.75, 3.05) is 11.9 Å². The van der Waals surface area contributed by atoms with Crippen molar-refractivity contribution < 1.29 is 14.3 Å². The molecule has 1 aromatic rings. The highest BCUT2D eigenvalue weighted by Crippen LogP contribution is 1.98. The molecule has 0 bridgehead atoms. The van der Waals surface area contributed by atoms with Crippen molar-refractivity contribution in [1.82, 2.24) is 20.2 Å². The van der Waals surface area contributed by atoms with Gasteiger partial charge in [0.1, 0.15) is 0 Å². The zero-order valence-corrected chi connectivity index (χ0v) is 9.13. The van der Waals surface area contributed by atoms with E-state index in [2.05, 4.69) is 25.5 Å². The van der Waals surface area contributed by atoms with Gasteiger partial charge < -0.3 is 4.74 Å². The van der Waals surface area contributed by atoms with Crippen molar-refractivity contribution in [3.63, 3.8) is 0 Å². The minimum Gasteiger partial charge on any atom is -0.466 e. The normalized spacial score (nSPS) is 9.88. The Balaban J connectivity index is 2.28. The molecule has 0 atom stereocenters. The van der Waals surface area contributed by atoms with Gasteiger partial charge in [-0.3, -0.25) is 14.9 Å². The summed E-state index contributed by atoms with van der Waals surface area (Å²) in [7, 11) is 1.58. The van der Waals surface area contributed by atoms with Crippen LogP contribution in [0.2, 0.25) is 0 Å². The molecule has 0 saturated heterocycles. The van der Waals surface area contributed by atoms with Crippen LogP contribution in [0.5, 0.6) is 0 Å². The van der Waals surface area contributed by atoms with Crippen LogP contribution >= 0.6 is 0 Å². The van der Waals surface area contributed by atoms with Gasteiger partial charge in [-0.25, -0.2) is 0 Å². The molecule has 0 radical (unpaired) electrons. The molecule has 0 aromatic carbocycles. The zero-order valence-electron chi connectivity index (χ0n) is 9.13. The second-order valence-electron chi connectivity index (χ2n) is 2.96. The lowest BCUT2D eigenvalue weighted by atomic mass is 10.3. The van der Waals surface area contributed by atoms with Crippen molar-refractivity contribution in [3.8, 4) is 0 Å². The average Bonchev–Trinajstić information content (AvgIpc) is 2.61. The van der Waals surface area contributed by atoms with Gasteiger partial charge in [0, 0.05) is 6.42 Å². The van der Waals surface area contributed by atoms with Crippen molar-refractivity contribution in [3.05, 3.63) is 0 Å². The molecule has 88 valence electrons. The van der Waals surface area contributed by atoms with Crippen LogP contribution in [0.15, 0.2) is 0 Å². The summed E-state index contributed by atoms with van der Waals surface area (Å²) in [6.07, 6.45) is 0.0804.